The van der Waals surface area contributed by atoms with Crippen LogP contribution < -0.4 is 4.74 Å². The van der Waals surface area contributed by atoms with Gasteiger partial charge in [0, 0.05) is 6.04 Å². The third kappa shape index (κ3) is 2.44. The van der Waals surface area contributed by atoms with Gasteiger partial charge in [0.15, 0.2) is 0 Å². The van der Waals surface area contributed by atoms with Gasteiger partial charge in [0.05, 0.1) is 6.20 Å². The van der Waals surface area contributed by atoms with Crippen molar-refractivity contribution in [2.24, 2.45) is 0 Å². The molecule has 0 unspecified atom stereocenters. The average Bonchev–Trinajstić information content (AvgIpc) is 2.63. The molecule has 0 spiro atoms. The van der Waals surface area contributed by atoms with Crippen LogP contribution in [0.25, 0.3) is 0 Å². The highest BCUT2D eigenvalue weighted by Crippen LogP contribution is 2.28. The van der Waals surface area contributed by atoms with Crippen LogP contribution in [0.15, 0.2) is 30.5 Å². The van der Waals surface area contributed by atoms with E-state index in [0.29, 0.717) is 11.2 Å². The van der Waals surface area contributed by atoms with E-state index in [9.17, 15) is 0 Å². The molecule has 1 aromatic carbocycles. The summed E-state index contributed by atoms with van der Waals surface area (Å²) in [6, 6.07) is 8.57. The quantitative estimate of drug-likeness (QED) is 0.816. The van der Waals surface area contributed by atoms with Crippen LogP contribution in [0, 0.1) is 6.92 Å². The minimum Gasteiger partial charge on any atom is -0.425 e. The number of aromatic nitrogens is 2. The van der Waals surface area contributed by atoms with Crippen LogP contribution in [0.4, 0.5) is 0 Å². The fourth-order valence-corrected chi connectivity index (χ4v) is 1.95. The highest BCUT2D eigenvalue weighted by atomic mass is 35.5. The molecule has 0 atom stereocenters. The molecular formula is C13H15ClN2O. The number of rotatable bonds is 3. The lowest BCUT2D eigenvalue weighted by Gasteiger charge is -2.13. The molecule has 2 aromatic rings. The first-order valence-corrected chi connectivity index (χ1v) is 5.93. The van der Waals surface area contributed by atoms with Crippen molar-refractivity contribution in [3.63, 3.8) is 0 Å². The Hall–Kier alpha value is -1.48. The summed E-state index contributed by atoms with van der Waals surface area (Å²) in [5.74, 6) is 0.802. The number of hydrogen-bond donors (Lipinski definition) is 0. The molecule has 0 radical (unpaired) electrons. The highest BCUT2D eigenvalue weighted by molar-refractivity contribution is 6.29. The molecule has 1 aromatic heterocycles. The monoisotopic (exact) mass is 250 g/mol. The summed E-state index contributed by atoms with van der Waals surface area (Å²) in [6.07, 6.45) is 1.61. The Morgan fingerprint density at radius 2 is 2.00 bits per heavy atom. The number of para-hydroxylation sites is 1. The van der Waals surface area contributed by atoms with E-state index in [-0.39, 0.29) is 6.04 Å². The lowest BCUT2D eigenvalue weighted by Crippen LogP contribution is -2.03. The van der Waals surface area contributed by atoms with Gasteiger partial charge in [-0.25, -0.2) is 4.98 Å². The normalized spacial score (nSPS) is 10.9. The van der Waals surface area contributed by atoms with E-state index >= 15 is 0 Å². The molecule has 0 aliphatic heterocycles. The Labute approximate surface area is 106 Å². The van der Waals surface area contributed by atoms with Gasteiger partial charge in [0.25, 0.3) is 0 Å². The summed E-state index contributed by atoms with van der Waals surface area (Å²) in [7, 11) is 0. The fourth-order valence-electron chi connectivity index (χ4n) is 1.64. The maximum atomic E-state index is 6.07. The molecule has 0 N–H and O–H groups in total. The Morgan fingerprint density at radius 1 is 1.29 bits per heavy atom. The standard InChI is InChI=1S/C13H15ClN2O/c1-9(2)16-12(14)8-15-13(16)17-11-7-5-4-6-10(11)3/h4-9H,1-3H3. The second-order valence-electron chi connectivity index (χ2n) is 4.19. The first-order valence-electron chi connectivity index (χ1n) is 5.56. The summed E-state index contributed by atoms with van der Waals surface area (Å²) in [4.78, 5) is 4.18. The van der Waals surface area contributed by atoms with Crippen LogP contribution in [0.5, 0.6) is 11.8 Å². The number of nitrogens with zero attached hydrogens (tertiary/aromatic N) is 2. The van der Waals surface area contributed by atoms with Gasteiger partial charge < -0.3 is 4.74 Å². The van der Waals surface area contributed by atoms with Crippen LogP contribution in [0.1, 0.15) is 25.5 Å². The van der Waals surface area contributed by atoms with Crippen molar-refractivity contribution in [1.82, 2.24) is 9.55 Å². The Bertz CT molecular complexity index is 520. The predicted molar refractivity (Wildman–Crippen MR) is 68.9 cm³/mol. The van der Waals surface area contributed by atoms with Gasteiger partial charge in [0.2, 0.25) is 0 Å². The SMILES string of the molecule is Cc1ccccc1Oc1ncc(Cl)n1C(C)C. The zero-order chi connectivity index (χ0) is 12.4. The van der Waals surface area contributed by atoms with E-state index in [1.165, 1.54) is 0 Å². The van der Waals surface area contributed by atoms with Crippen LogP contribution in [0.2, 0.25) is 5.15 Å². The van der Waals surface area contributed by atoms with Gasteiger partial charge in [-0.2, -0.15) is 0 Å². The maximum absolute atomic E-state index is 6.07. The summed E-state index contributed by atoms with van der Waals surface area (Å²) < 4.78 is 7.64. The second-order valence-corrected chi connectivity index (χ2v) is 4.58. The first-order chi connectivity index (χ1) is 8.09. The molecule has 0 amide bonds. The molecule has 0 fully saturated rings. The van der Waals surface area contributed by atoms with Crippen molar-refractivity contribution >= 4 is 11.6 Å². The molecule has 0 saturated heterocycles. The molecule has 0 saturated carbocycles. The molecule has 3 nitrogen and oxygen atoms in total. The topological polar surface area (TPSA) is 27.1 Å². The van der Waals surface area contributed by atoms with Crippen molar-refractivity contribution in [2.75, 3.05) is 0 Å². The molecule has 0 aliphatic rings. The van der Waals surface area contributed by atoms with Gasteiger partial charge in [-0.3, -0.25) is 4.57 Å². The molecule has 17 heavy (non-hydrogen) atoms. The summed E-state index contributed by atoms with van der Waals surface area (Å²) in [5.41, 5.74) is 1.07. The smallest absolute Gasteiger partial charge is 0.303 e. The van der Waals surface area contributed by atoms with Crippen molar-refractivity contribution in [3.05, 3.63) is 41.2 Å². The van der Waals surface area contributed by atoms with E-state index in [2.05, 4.69) is 4.98 Å². The lowest BCUT2D eigenvalue weighted by atomic mass is 10.2. The van der Waals surface area contributed by atoms with E-state index in [1.807, 2.05) is 49.6 Å². The van der Waals surface area contributed by atoms with Crippen molar-refractivity contribution in [1.29, 1.82) is 0 Å². The summed E-state index contributed by atoms with van der Waals surface area (Å²) >= 11 is 6.07. The predicted octanol–water partition coefficient (Wildman–Crippen LogP) is 4.22. The van der Waals surface area contributed by atoms with E-state index in [4.69, 9.17) is 16.3 Å². The first kappa shape index (κ1) is 12.0. The van der Waals surface area contributed by atoms with Crippen molar-refractivity contribution in [2.45, 2.75) is 26.8 Å². The number of hydrogen-bond acceptors (Lipinski definition) is 2. The van der Waals surface area contributed by atoms with E-state index in [0.717, 1.165) is 11.3 Å². The number of imidazole rings is 1. The van der Waals surface area contributed by atoms with Gasteiger partial charge >= 0.3 is 6.01 Å². The zero-order valence-electron chi connectivity index (χ0n) is 10.1. The second kappa shape index (κ2) is 4.80. The molecule has 0 bridgehead atoms. The van der Waals surface area contributed by atoms with Crippen LogP contribution in [-0.4, -0.2) is 9.55 Å². The Kier molecular flexibility index (Phi) is 3.38. The third-order valence-corrected chi connectivity index (χ3v) is 2.81. The Morgan fingerprint density at radius 3 is 2.65 bits per heavy atom. The van der Waals surface area contributed by atoms with Crippen LogP contribution >= 0.6 is 11.6 Å². The van der Waals surface area contributed by atoms with E-state index < -0.39 is 0 Å². The summed E-state index contributed by atoms with van der Waals surface area (Å²) in [5, 5.41) is 0.587. The van der Waals surface area contributed by atoms with Crippen molar-refractivity contribution in [3.8, 4) is 11.8 Å². The van der Waals surface area contributed by atoms with Crippen LogP contribution in [-0.2, 0) is 0 Å². The highest BCUT2D eigenvalue weighted by Gasteiger charge is 2.13. The van der Waals surface area contributed by atoms with Gasteiger partial charge in [0.1, 0.15) is 10.9 Å². The van der Waals surface area contributed by atoms with Crippen molar-refractivity contribution < 1.29 is 4.74 Å². The summed E-state index contributed by atoms with van der Waals surface area (Å²) in [6.45, 7) is 6.08. The minimum absolute atomic E-state index is 0.212. The average molecular weight is 251 g/mol. The molecular weight excluding hydrogens is 236 g/mol. The zero-order valence-corrected chi connectivity index (χ0v) is 10.9. The number of halogens is 1. The third-order valence-electron chi connectivity index (χ3n) is 2.53. The number of aryl methyl sites for hydroxylation is 1. The van der Waals surface area contributed by atoms with Gasteiger partial charge in [-0.15, -0.1) is 0 Å². The van der Waals surface area contributed by atoms with Crippen LogP contribution in [0.3, 0.4) is 0 Å². The Balaban J connectivity index is 2.34. The number of benzene rings is 1. The van der Waals surface area contributed by atoms with Gasteiger partial charge in [-0.1, -0.05) is 29.8 Å². The number of ether oxygens (including phenoxy) is 1. The largest absolute Gasteiger partial charge is 0.425 e. The lowest BCUT2D eigenvalue weighted by molar-refractivity contribution is 0.394. The molecule has 4 heteroatoms. The molecule has 1 heterocycles. The maximum Gasteiger partial charge on any atom is 0.303 e. The van der Waals surface area contributed by atoms with E-state index in [1.54, 1.807) is 6.20 Å². The van der Waals surface area contributed by atoms with Gasteiger partial charge in [-0.05, 0) is 32.4 Å². The molecule has 90 valence electrons. The molecule has 0 aliphatic carbocycles. The fraction of sp³-hybridized carbons (Fsp3) is 0.308. The molecule has 2 rings (SSSR count). The minimum atomic E-state index is 0.212.